The summed E-state index contributed by atoms with van der Waals surface area (Å²) in [6.07, 6.45) is 44.2. The van der Waals surface area contributed by atoms with Gasteiger partial charge in [-0.15, -0.1) is 45.5 Å². The molecule has 5 heteroatoms. The Morgan fingerprint density at radius 3 is 1.60 bits per heavy atom. The number of pyridine rings is 2. The predicted octanol–water partition coefficient (Wildman–Crippen LogP) is 11.9. The smallest absolute Gasteiger partial charge is 0.264 e. The van der Waals surface area contributed by atoms with E-state index >= 15 is 0 Å². The van der Waals surface area contributed by atoms with Gasteiger partial charge in [-0.25, -0.2) is 12.1 Å². The van der Waals surface area contributed by atoms with Gasteiger partial charge in [0.1, 0.15) is 0 Å². The Kier molecular flexibility index (Phi) is 9.98. The first kappa shape index (κ1) is 36.3. The van der Waals surface area contributed by atoms with Gasteiger partial charge in [-0.2, -0.15) is 18.2 Å². The number of aromatic nitrogens is 2. The average molecular weight is 777 g/mol. The summed E-state index contributed by atoms with van der Waals surface area (Å²) < 4.78 is 0. The van der Waals surface area contributed by atoms with Crippen LogP contribution in [0.4, 0.5) is 0 Å². The summed E-state index contributed by atoms with van der Waals surface area (Å²) in [6.45, 7) is 0. The molecule has 1 aromatic carbocycles. The van der Waals surface area contributed by atoms with E-state index in [9.17, 15) is 0 Å². The van der Waals surface area contributed by atoms with E-state index in [0.717, 1.165) is 35.5 Å². The normalized spacial score (nSPS) is 36.2. The summed E-state index contributed by atoms with van der Waals surface area (Å²) in [4.78, 5) is 9.36. The van der Waals surface area contributed by atoms with E-state index in [1.807, 2.05) is 42.7 Å². The van der Waals surface area contributed by atoms with Crippen molar-refractivity contribution in [3.05, 3.63) is 156 Å². The van der Waals surface area contributed by atoms with E-state index in [1.54, 1.807) is 82.6 Å². The molecule has 0 saturated heterocycles. The molecule has 53 heavy (non-hydrogen) atoms. The number of allylic oxidation sites excluding steroid dienone is 10. The maximum absolute atomic E-state index is 4.68. The molecule has 0 N–H and O–H groups in total. The van der Waals surface area contributed by atoms with Gasteiger partial charge >= 0.3 is 17.1 Å². The first-order valence-corrected chi connectivity index (χ1v) is 22.5. The van der Waals surface area contributed by atoms with Crippen LogP contribution >= 0.6 is 17.2 Å². The zero-order chi connectivity index (χ0) is 34.8. The summed E-state index contributed by atoms with van der Waals surface area (Å²) >= 11 is 0. The van der Waals surface area contributed by atoms with Crippen LogP contribution in [0.15, 0.2) is 138 Å². The number of rotatable bonds is 7. The molecule has 10 aliphatic rings. The molecule has 0 radical (unpaired) electrons. The molecule has 8 bridgehead atoms. The molecule has 1 atom stereocenters. The van der Waals surface area contributed by atoms with Crippen LogP contribution in [0.3, 0.4) is 0 Å². The standard InChI is InChI=1S/C43H49N2P2.C5H5.Fe/c46-43(38-8-4-10-44-26-38,39-9-5-11-45-27-39)40-19-36(35-6-2-1-3-7-35)18-37(40)28-47(41-20-29-12-30(21-41)14-31(13-29)22-41)42-23-32-15-33(24-42)17-34(16-32)25-42;1-2-4-5-3-1;/h1-11,18-19,26-27,29-34H,12-17,20-25,28,46H2;1-5H;/q2*-1;+2. The number of hydrogen-bond donors (Lipinski definition) is 0. The molecule has 3 aromatic rings. The molecular formula is C48H54FeN2P2. The fourth-order valence-electron chi connectivity index (χ4n) is 13.6. The third-order valence-electron chi connectivity index (χ3n) is 14.8. The van der Waals surface area contributed by atoms with Gasteiger partial charge in [-0.05, 0) is 163 Å². The fourth-order valence-corrected chi connectivity index (χ4v) is 19.4. The molecule has 0 aliphatic heterocycles. The van der Waals surface area contributed by atoms with E-state index < -0.39 is 5.16 Å². The van der Waals surface area contributed by atoms with E-state index in [-0.39, 0.29) is 25.0 Å². The van der Waals surface area contributed by atoms with Crippen LogP contribution in [0.2, 0.25) is 0 Å². The Morgan fingerprint density at radius 1 is 0.698 bits per heavy atom. The monoisotopic (exact) mass is 776 g/mol. The zero-order valence-corrected chi connectivity index (χ0v) is 34.1. The molecule has 2 heterocycles. The SMILES string of the molecule is PC(C1=CC(=C2C=CC=C[CH-]2)C=C1CP(C12CC3CC(CC(C3)C1)C2)C12CC3CC(CC(C3)C1)C2)(c1cccnc1)c1cccnc1.[Fe+2].c1cc[cH-]c1. The van der Waals surface area contributed by atoms with Gasteiger partial charge in [0.15, 0.2) is 0 Å². The number of nitrogens with zero attached hydrogens (tertiary/aromatic N) is 2. The van der Waals surface area contributed by atoms with Crippen molar-refractivity contribution in [2.24, 2.45) is 35.5 Å². The van der Waals surface area contributed by atoms with Gasteiger partial charge < -0.3 is 0 Å². The van der Waals surface area contributed by atoms with Gasteiger partial charge in [0.2, 0.25) is 0 Å². The molecule has 2 aromatic heterocycles. The van der Waals surface area contributed by atoms with Crippen LogP contribution in [-0.4, -0.2) is 26.4 Å². The first-order valence-electron chi connectivity index (χ1n) is 20.4. The van der Waals surface area contributed by atoms with E-state index in [0.29, 0.717) is 10.3 Å². The maximum atomic E-state index is 4.68. The van der Waals surface area contributed by atoms with Crippen LogP contribution in [0.1, 0.15) is 88.2 Å². The fraction of sp³-hybridized carbons (Fsp3) is 0.458. The molecular weight excluding hydrogens is 722 g/mol. The second-order valence-electron chi connectivity index (χ2n) is 18.2. The van der Waals surface area contributed by atoms with E-state index in [2.05, 4.69) is 98.7 Å². The molecule has 13 rings (SSSR count). The van der Waals surface area contributed by atoms with Crippen molar-refractivity contribution in [2.75, 3.05) is 6.16 Å². The van der Waals surface area contributed by atoms with Gasteiger partial charge in [0.25, 0.3) is 0 Å². The van der Waals surface area contributed by atoms with Crippen molar-refractivity contribution < 1.29 is 17.1 Å². The van der Waals surface area contributed by atoms with Crippen LogP contribution < -0.4 is 0 Å². The Morgan fingerprint density at radius 2 is 1.21 bits per heavy atom. The average Bonchev–Trinajstić information content (AvgIpc) is 3.88. The summed E-state index contributed by atoms with van der Waals surface area (Å²) in [6, 6.07) is 18.8. The van der Waals surface area contributed by atoms with Crippen molar-refractivity contribution >= 4 is 17.2 Å². The van der Waals surface area contributed by atoms with E-state index in [4.69, 9.17) is 0 Å². The minimum Gasteiger partial charge on any atom is -0.264 e. The van der Waals surface area contributed by atoms with Gasteiger partial charge in [0.05, 0.1) is 5.16 Å². The summed E-state index contributed by atoms with van der Waals surface area (Å²) in [5, 5.41) is 0.793. The molecule has 0 amide bonds. The van der Waals surface area contributed by atoms with Gasteiger partial charge in [-0.3, -0.25) is 9.97 Å². The Balaban J connectivity index is 0.000000576. The summed E-state index contributed by atoms with van der Waals surface area (Å²) in [5.74, 6) is 6.03. The van der Waals surface area contributed by atoms with Crippen molar-refractivity contribution in [1.82, 2.24) is 9.97 Å². The van der Waals surface area contributed by atoms with Crippen molar-refractivity contribution in [3.8, 4) is 0 Å². The molecule has 8 saturated carbocycles. The molecule has 8 fully saturated rings. The van der Waals surface area contributed by atoms with Crippen LogP contribution in [0, 0.1) is 41.9 Å². The van der Waals surface area contributed by atoms with Crippen LogP contribution in [0.25, 0.3) is 0 Å². The van der Waals surface area contributed by atoms with E-state index in [1.165, 1.54) is 34.0 Å². The van der Waals surface area contributed by atoms with Crippen LogP contribution in [-0.2, 0) is 22.2 Å². The third-order valence-corrected chi connectivity index (χ3v) is 19.8. The maximum Gasteiger partial charge on any atom is 2.00 e. The largest absolute Gasteiger partial charge is 2.00 e. The second-order valence-corrected chi connectivity index (χ2v) is 22.1. The summed E-state index contributed by atoms with van der Waals surface area (Å²) in [7, 11) is 3.18. The van der Waals surface area contributed by atoms with Crippen LogP contribution in [0.5, 0.6) is 0 Å². The molecule has 0 spiro atoms. The zero-order valence-electron chi connectivity index (χ0n) is 31.0. The molecule has 2 nitrogen and oxygen atoms in total. The molecule has 1 unspecified atom stereocenters. The molecule has 10 aliphatic carbocycles. The Labute approximate surface area is 332 Å². The first-order chi connectivity index (χ1) is 25.5. The second kappa shape index (κ2) is 14.6. The quantitative estimate of drug-likeness (QED) is 0.136. The predicted molar refractivity (Wildman–Crippen MR) is 220 cm³/mol. The van der Waals surface area contributed by atoms with Crippen molar-refractivity contribution in [1.29, 1.82) is 0 Å². The van der Waals surface area contributed by atoms with Crippen molar-refractivity contribution in [2.45, 2.75) is 92.5 Å². The summed E-state index contributed by atoms with van der Waals surface area (Å²) in [5.41, 5.74) is 8.25. The molecule has 274 valence electrons. The minimum atomic E-state index is -0.408. The Hall–Kier alpha value is -2.40. The third kappa shape index (κ3) is 6.59. The minimum absolute atomic E-state index is 0. The van der Waals surface area contributed by atoms with Gasteiger partial charge in [0, 0.05) is 24.8 Å². The van der Waals surface area contributed by atoms with Gasteiger partial charge in [-0.1, -0.05) is 37.8 Å². The van der Waals surface area contributed by atoms with Crippen molar-refractivity contribution in [3.63, 3.8) is 0 Å². The Bertz CT molecular complexity index is 1750. The topological polar surface area (TPSA) is 25.8 Å². The number of hydrogen-bond acceptors (Lipinski definition) is 2.